The second-order valence-electron chi connectivity index (χ2n) is 7.07. The first-order valence-electron chi connectivity index (χ1n) is 9.54. The van der Waals surface area contributed by atoms with E-state index in [4.69, 9.17) is 0 Å². The Morgan fingerprint density at radius 3 is 2.63 bits per heavy atom. The first-order valence-corrected chi connectivity index (χ1v) is 9.54. The summed E-state index contributed by atoms with van der Waals surface area (Å²) < 4.78 is 37.8. The maximum Gasteiger partial charge on any atom is 0.401 e. The number of aliphatic imine (C=N–C) groups is 1. The van der Waals surface area contributed by atoms with E-state index >= 15 is 0 Å². The molecule has 7 heteroatoms. The smallest absolute Gasteiger partial charge is 0.352 e. The Bertz CT molecular complexity index is 670. The average molecular weight is 380 g/mol. The van der Waals surface area contributed by atoms with E-state index in [0.29, 0.717) is 26.1 Å². The Kier molecular flexibility index (Phi) is 6.42. The van der Waals surface area contributed by atoms with Crippen LogP contribution in [0, 0.1) is 0 Å². The molecule has 1 N–H and O–H groups in total. The molecule has 1 atom stereocenters. The number of nitrogens with zero attached hydrogens (tertiary/aromatic N) is 3. The average Bonchev–Trinajstić information content (AvgIpc) is 3.07. The van der Waals surface area contributed by atoms with Gasteiger partial charge in [0.15, 0.2) is 5.96 Å². The van der Waals surface area contributed by atoms with Crippen molar-refractivity contribution in [3.63, 3.8) is 0 Å². The Morgan fingerprint density at radius 1 is 1.22 bits per heavy atom. The van der Waals surface area contributed by atoms with Gasteiger partial charge in [-0.05, 0) is 30.9 Å². The van der Waals surface area contributed by atoms with Crippen LogP contribution in [-0.4, -0.2) is 67.2 Å². The SMILES string of the molecule is CCN=C(NC1CCN(CC(F)(F)F)C1)N1CC=C(c2ccccc2)CC1. The number of likely N-dealkylation sites (tertiary alicyclic amines) is 1. The predicted molar refractivity (Wildman–Crippen MR) is 103 cm³/mol. The molecule has 1 aromatic carbocycles. The van der Waals surface area contributed by atoms with Gasteiger partial charge in [-0.25, -0.2) is 0 Å². The van der Waals surface area contributed by atoms with Crippen LogP contribution >= 0.6 is 0 Å². The van der Waals surface area contributed by atoms with Crippen molar-refractivity contribution in [2.45, 2.75) is 32.0 Å². The normalized spacial score (nSPS) is 22.1. The fourth-order valence-electron chi connectivity index (χ4n) is 3.69. The Hall–Kier alpha value is -2.02. The molecule has 1 aromatic rings. The van der Waals surface area contributed by atoms with Gasteiger partial charge in [-0.1, -0.05) is 36.4 Å². The summed E-state index contributed by atoms with van der Waals surface area (Å²) in [6.07, 6.45) is -0.284. The summed E-state index contributed by atoms with van der Waals surface area (Å²) in [7, 11) is 0. The van der Waals surface area contributed by atoms with Crippen LogP contribution in [0.5, 0.6) is 0 Å². The van der Waals surface area contributed by atoms with Gasteiger partial charge in [0.05, 0.1) is 6.54 Å². The van der Waals surface area contributed by atoms with Crippen LogP contribution in [0.1, 0.15) is 25.3 Å². The lowest BCUT2D eigenvalue weighted by atomic mass is 10.00. The highest BCUT2D eigenvalue weighted by Gasteiger charge is 2.34. The number of alkyl halides is 3. The van der Waals surface area contributed by atoms with Crippen LogP contribution in [0.2, 0.25) is 0 Å². The highest BCUT2D eigenvalue weighted by molar-refractivity contribution is 5.82. The molecular weight excluding hydrogens is 353 g/mol. The Morgan fingerprint density at radius 2 is 2.00 bits per heavy atom. The predicted octanol–water partition coefficient (Wildman–Crippen LogP) is 3.38. The van der Waals surface area contributed by atoms with Crippen molar-refractivity contribution in [1.29, 1.82) is 0 Å². The van der Waals surface area contributed by atoms with Gasteiger partial charge in [0.25, 0.3) is 0 Å². The van der Waals surface area contributed by atoms with Crippen LogP contribution in [0.3, 0.4) is 0 Å². The topological polar surface area (TPSA) is 30.9 Å². The molecule has 27 heavy (non-hydrogen) atoms. The lowest BCUT2D eigenvalue weighted by Gasteiger charge is -2.31. The van der Waals surface area contributed by atoms with Gasteiger partial charge in [0, 0.05) is 38.8 Å². The third-order valence-electron chi connectivity index (χ3n) is 4.97. The van der Waals surface area contributed by atoms with Crippen molar-refractivity contribution in [2.24, 2.45) is 4.99 Å². The molecule has 1 saturated heterocycles. The third kappa shape index (κ3) is 5.73. The minimum atomic E-state index is -4.14. The van der Waals surface area contributed by atoms with Gasteiger partial charge < -0.3 is 10.2 Å². The summed E-state index contributed by atoms with van der Waals surface area (Å²) >= 11 is 0. The van der Waals surface area contributed by atoms with Crippen molar-refractivity contribution in [2.75, 3.05) is 39.3 Å². The second-order valence-corrected chi connectivity index (χ2v) is 7.07. The van der Waals surface area contributed by atoms with Gasteiger partial charge >= 0.3 is 6.18 Å². The summed E-state index contributed by atoms with van der Waals surface area (Å²) in [5.74, 6) is 0.805. The molecule has 0 saturated carbocycles. The summed E-state index contributed by atoms with van der Waals surface area (Å²) in [5, 5.41) is 3.39. The van der Waals surface area contributed by atoms with Gasteiger partial charge in [0.2, 0.25) is 0 Å². The number of nitrogens with one attached hydrogen (secondary N) is 1. The molecule has 3 rings (SSSR count). The van der Waals surface area contributed by atoms with Gasteiger partial charge in [0.1, 0.15) is 0 Å². The van der Waals surface area contributed by atoms with Crippen molar-refractivity contribution < 1.29 is 13.2 Å². The van der Waals surface area contributed by atoms with Crippen molar-refractivity contribution in [1.82, 2.24) is 15.1 Å². The monoisotopic (exact) mass is 380 g/mol. The summed E-state index contributed by atoms with van der Waals surface area (Å²) in [4.78, 5) is 8.22. The van der Waals surface area contributed by atoms with Crippen LogP contribution in [0.4, 0.5) is 13.2 Å². The third-order valence-corrected chi connectivity index (χ3v) is 4.97. The second kappa shape index (κ2) is 8.78. The highest BCUT2D eigenvalue weighted by atomic mass is 19.4. The molecule has 2 aliphatic rings. The summed E-state index contributed by atoms with van der Waals surface area (Å²) in [6.45, 7) is 4.27. The zero-order valence-electron chi connectivity index (χ0n) is 15.7. The van der Waals surface area contributed by atoms with Crippen molar-refractivity contribution >= 4 is 11.5 Å². The van der Waals surface area contributed by atoms with Crippen molar-refractivity contribution in [3.8, 4) is 0 Å². The van der Waals surface area contributed by atoms with E-state index in [-0.39, 0.29) is 6.04 Å². The molecule has 0 aliphatic carbocycles. The zero-order valence-corrected chi connectivity index (χ0v) is 15.7. The number of halogens is 3. The van der Waals surface area contributed by atoms with Crippen LogP contribution < -0.4 is 5.32 Å². The summed E-state index contributed by atoms with van der Waals surface area (Å²) in [5.41, 5.74) is 2.58. The van der Waals surface area contributed by atoms with Crippen LogP contribution in [0.25, 0.3) is 5.57 Å². The van der Waals surface area contributed by atoms with E-state index in [1.54, 1.807) is 0 Å². The number of benzene rings is 1. The summed E-state index contributed by atoms with van der Waals surface area (Å²) in [6, 6.07) is 10.3. The van der Waals surface area contributed by atoms with E-state index in [1.165, 1.54) is 16.0 Å². The van der Waals surface area contributed by atoms with Gasteiger partial charge in [-0.15, -0.1) is 0 Å². The van der Waals surface area contributed by atoms with E-state index < -0.39 is 12.7 Å². The fraction of sp³-hybridized carbons (Fsp3) is 0.550. The lowest BCUT2D eigenvalue weighted by molar-refractivity contribution is -0.143. The van der Waals surface area contributed by atoms with Gasteiger partial charge in [-0.2, -0.15) is 13.2 Å². The minimum absolute atomic E-state index is 0.0112. The molecule has 0 spiro atoms. The minimum Gasteiger partial charge on any atom is -0.352 e. The van der Waals surface area contributed by atoms with Crippen LogP contribution in [-0.2, 0) is 0 Å². The van der Waals surface area contributed by atoms with E-state index in [0.717, 1.165) is 25.5 Å². The fourth-order valence-corrected chi connectivity index (χ4v) is 3.69. The number of hydrogen-bond donors (Lipinski definition) is 1. The van der Waals surface area contributed by atoms with E-state index in [9.17, 15) is 13.2 Å². The molecule has 1 fully saturated rings. The van der Waals surface area contributed by atoms with E-state index in [1.807, 2.05) is 25.1 Å². The van der Waals surface area contributed by atoms with Crippen molar-refractivity contribution in [3.05, 3.63) is 42.0 Å². The zero-order chi connectivity index (χ0) is 19.3. The van der Waals surface area contributed by atoms with E-state index in [2.05, 4.69) is 33.4 Å². The number of guanidine groups is 1. The first kappa shape index (κ1) is 19.7. The molecule has 2 aliphatic heterocycles. The number of hydrogen-bond acceptors (Lipinski definition) is 2. The maximum atomic E-state index is 12.6. The van der Waals surface area contributed by atoms with Crippen LogP contribution in [0.15, 0.2) is 41.4 Å². The Labute approximate surface area is 158 Å². The standard InChI is InChI=1S/C20H27F3N4/c1-2-24-19(25-18-10-11-26(14-18)15-20(21,22)23)27-12-8-17(9-13-27)16-6-4-3-5-7-16/h3-8,18H,2,9-15H2,1H3,(H,24,25). The Balaban J connectivity index is 1.58. The molecule has 1 unspecified atom stereocenters. The maximum absolute atomic E-state index is 12.6. The lowest BCUT2D eigenvalue weighted by Crippen LogP contribution is -2.48. The molecule has 0 aromatic heterocycles. The first-order chi connectivity index (χ1) is 12.9. The largest absolute Gasteiger partial charge is 0.401 e. The molecule has 4 nitrogen and oxygen atoms in total. The molecule has 0 radical (unpaired) electrons. The molecule has 0 bridgehead atoms. The molecular formula is C20H27F3N4. The number of rotatable bonds is 4. The molecule has 148 valence electrons. The molecule has 0 amide bonds. The highest BCUT2D eigenvalue weighted by Crippen LogP contribution is 2.23. The quantitative estimate of drug-likeness (QED) is 0.642. The molecule has 2 heterocycles. The van der Waals surface area contributed by atoms with Gasteiger partial charge in [-0.3, -0.25) is 9.89 Å².